The van der Waals surface area contributed by atoms with Crippen molar-refractivity contribution in [2.45, 2.75) is 19.4 Å². The number of ketones is 1. The number of aryl methyl sites for hydroxylation is 1. The minimum atomic E-state index is -0.670. The number of Topliss-reactive ketones (excluding diaryl/α,β-unsaturated/α-hetero) is 1. The SMILES string of the molecule is Cc1ccc(C2C(C(=O)c3cccnc3)=C(O)C(=O)N2CCc2c[nH]c3ccccc23)cc1. The second kappa shape index (κ2) is 8.39. The Morgan fingerprint density at radius 3 is 2.64 bits per heavy atom. The van der Waals surface area contributed by atoms with Crippen molar-refractivity contribution < 1.29 is 14.7 Å². The van der Waals surface area contributed by atoms with Crippen LogP contribution >= 0.6 is 0 Å². The quantitative estimate of drug-likeness (QED) is 0.429. The van der Waals surface area contributed by atoms with E-state index in [9.17, 15) is 14.7 Å². The van der Waals surface area contributed by atoms with E-state index in [2.05, 4.69) is 9.97 Å². The molecule has 5 rings (SSSR count). The summed E-state index contributed by atoms with van der Waals surface area (Å²) < 4.78 is 0. The minimum absolute atomic E-state index is 0.0933. The molecule has 1 unspecified atom stereocenters. The van der Waals surface area contributed by atoms with E-state index in [0.29, 0.717) is 18.5 Å². The molecule has 33 heavy (non-hydrogen) atoms. The van der Waals surface area contributed by atoms with Crippen LogP contribution < -0.4 is 0 Å². The third-order valence-electron chi connectivity index (χ3n) is 6.16. The number of aliphatic hydroxyl groups is 1. The average Bonchev–Trinajstić information content (AvgIpc) is 3.37. The normalized spacial score (nSPS) is 16.1. The third-order valence-corrected chi connectivity index (χ3v) is 6.16. The van der Waals surface area contributed by atoms with Gasteiger partial charge in [-0.15, -0.1) is 0 Å². The van der Waals surface area contributed by atoms with Crippen molar-refractivity contribution in [2.75, 3.05) is 6.54 Å². The first kappa shape index (κ1) is 20.7. The molecule has 1 amide bonds. The van der Waals surface area contributed by atoms with E-state index in [1.54, 1.807) is 23.2 Å². The largest absolute Gasteiger partial charge is 0.503 e. The standard InChI is InChI=1S/C27H23N3O3/c1-17-8-10-18(11-9-17)24-23(25(31)20-5-4-13-28-15-20)26(32)27(33)30(24)14-12-19-16-29-22-7-3-2-6-21(19)22/h2-11,13,15-16,24,29,32H,12,14H2,1H3. The Balaban J connectivity index is 1.52. The monoisotopic (exact) mass is 437 g/mol. The predicted octanol–water partition coefficient (Wildman–Crippen LogP) is 4.69. The lowest BCUT2D eigenvalue weighted by Crippen LogP contribution is -2.33. The van der Waals surface area contributed by atoms with Crippen molar-refractivity contribution in [1.82, 2.24) is 14.9 Å². The number of nitrogens with zero attached hydrogens (tertiary/aromatic N) is 2. The van der Waals surface area contributed by atoms with Crippen molar-refractivity contribution in [2.24, 2.45) is 0 Å². The van der Waals surface area contributed by atoms with Crippen LogP contribution in [-0.4, -0.2) is 38.2 Å². The fourth-order valence-corrected chi connectivity index (χ4v) is 4.44. The first-order chi connectivity index (χ1) is 16.0. The van der Waals surface area contributed by atoms with E-state index in [4.69, 9.17) is 0 Å². The van der Waals surface area contributed by atoms with Gasteiger partial charge in [0.1, 0.15) is 0 Å². The van der Waals surface area contributed by atoms with Crippen molar-refractivity contribution in [3.63, 3.8) is 0 Å². The molecule has 1 aliphatic heterocycles. The van der Waals surface area contributed by atoms with Gasteiger partial charge < -0.3 is 15.0 Å². The molecular weight excluding hydrogens is 414 g/mol. The highest BCUT2D eigenvalue weighted by Crippen LogP contribution is 2.39. The van der Waals surface area contributed by atoms with Crippen molar-refractivity contribution >= 4 is 22.6 Å². The molecule has 0 spiro atoms. The zero-order valence-corrected chi connectivity index (χ0v) is 18.2. The number of rotatable bonds is 6. The summed E-state index contributed by atoms with van der Waals surface area (Å²) in [6.45, 7) is 2.33. The summed E-state index contributed by atoms with van der Waals surface area (Å²) in [5.74, 6) is -1.42. The molecule has 0 saturated heterocycles. The minimum Gasteiger partial charge on any atom is -0.503 e. The molecule has 2 aromatic carbocycles. The Labute approximate surface area is 191 Å². The molecule has 6 nitrogen and oxygen atoms in total. The number of aromatic nitrogens is 2. The Hall–Kier alpha value is -4.19. The van der Waals surface area contributed by atoms with Crippen LogP contribution in [0.3, 0.4) is 0 Å². The van der Waals surface area contributed by atoms with Gasteiger partial charge in [-0.1, -0.05) is 48.0 Å². The first-order valence-corrected chi connectivity index (χ1v) is 10.8. The molecule has 2 N–H and O–H groups in total. The molecule has 0 aliphatic carbocycles. The van der Waals surface area contributed by atoms with Crippen LogP contribution in [0.4, 0.5) is 0 Å². The Bertz CT molecular complexity index is 1370. The summed E-state index contributed by atoms with van der Waals surface area (Å²) in [5, 5.41) is 11.9. The second-order valence-electron chi connectivity index (χ2n) is 8.25. The summed E-state index contributed by atoms with van der Waals surface area (Å²) in [5.41, 5.74) is 4.39. The van der Waals surface area contributed by atoms with Crippen LogP contribution in [0.25, 0.3) is 10.9 Å². The summed E-state index contributed by atoms with van der Waals surface area (Å²) in [4.78, 5) is 35.4. The summed E-state index contributed by atoms with van der Waals surface area (Å²) >= 11 is 0. The number of carbonyl (C=O) groups excluding carboxylic acids is 2. The number of hydrogen-bond acceptors (Lipinski definition) is 4. The maximum absolute atomic E-state index is 13.4. The number of fused-ring (bicyclic) bond motifs is 1. The highest BCUT2D eigenvalue weighted by Gasteiger charge is 2.43. The maximum Gasteiger partial charge on any atom is 0.290 e. The highest BCUT2D eigenvalue weighted by atomic mass is 16.3. The second-order valence-corrected chi connectivity index (χ2v) is 8.25. The van der Waals surface area contributed by atoms with Gasteiger partial charge in [-0.05, 0) is 42.7 Å². The maximum atomic E-state index is 13.4. The van der Waals surface area contributed by atoms with Gasteiger partial charge in [0.25, 0.3) is 5.91 Å². The summed E-state index contributed by atoms with van der Waals surface area (Å²) in [6.07, 6.45) is 5.56. The number of pyridine rings is 1. The van der Waals surface area contributed by atoms with E-state index < -0.39 is 23.5 Å². The lowest BCUT2D eigenvalue weighted by Gasteiger charge is -2.27. The predicted molar refractivity (Wildman–Crippen MR) is 126 cm³/mol. The van der Waals surface area contributed by atoms with Gasteiger partial charge in [0.05, 0.1) is 11.6 Å². The van der Waals surface area contributed by atoms with Gasteiger partial charge in [0.2, 0.25) is 0 Å². The smallest absolute Gasteiger partial charge is 0.290 e. The van der Waals surface area contributed by atoms with Gasteiger partial charge in [-0.2, -0.15) is 0 Å². The van der Waals surface area contributed by atoms with Crippen LogP contribution in [0.1, 0.15) is 33.1 Å². The molecule has 1 aliphatic rings. The molecule has 1 atom stereocenters. The van der Waals surface area contributed by atoms with Gasteiger partial charge >= 0.3 is 0 Å². The van der Waals surface area contributed by atoms with Gasteiger partial charge in [-0.25, -0.2) is 0 Å². The van der Waals surface area contributed by atoms with E-state index in [0.717, 1.165) is 27.6 Å². The number of hydrogen-bond donors (Lipinski definition) is 2. The number of H-pyrrole nitrogens is 1. The number of amides is 1. The number of benzene rings is 2. The molecular formula is C27H23N3O3. The molecule has 6 heteroatoms. The molecule has 0 saturated carbocycles. The molecule has 0 radical (unpaired) electrons. The lowest BCUT2D eigenvalue weighted by atomic mass is 9.93. The fourth-order valence-electron chi connectivity index (χ4n) is 4.44. The number of nitrogens with one attached hydrogen (secondary N) is 1. The lowest BCUT2D eigenvalue weighted by molar-refractivity contribution is -0.129. The number of carbonyl (C=O) groups is 2. The Morgan fingerprint density at radius 1 is 1.09 bits per heavy atom. The first-order valence-electron chi connectivity index (χ1n) is 10.8. The summed E-state index contributed by atoms with van der Waals surface area (Å²) in [7, 11) is 0. The zero-order valence-electron chi connectivity index (χ0n) is 18.2. The Morgan fingerprint density at radius 2 is 1.88 bits per heavy atom. The van der Waals surface area contributed by atoms with E-state index in [1.807, 2.05) is 61.7 Å². The van der Waals surface area contributed by atoms with Gasteiger partial charge in [0, 0.05) is 41.6 Å². The zero-order chi connectivity index (χ0) is 22.9. The topological polar surface area (TPSA) is 86.3 Å². The molecule has 3 heterocycles. The molecule has 4 aromatic rings. The van der Waals surface area contributed by atoms with Crippen LogP contribution in [0.15, 0.2) is 90.6 Å². The van der Waals surface area contributed by atoms with Crippen molar-refractivity contribution in [3.05, 3.63) is 113 Å². The fraction of sp³-hybridized carbons (Fsp3) is 0.148. The third kappa shape index (κ3) is 3.69. The van der Waals surface area contributed by atoms with E-state index in [-0.39, 0.29) is 5.57 Å². The van der Waals surface area contributed by atoms with Crippen molar-refractivity contribution in [1.29, 1.82) is 0 Å². The van der Waals surface area contributed by atoms with E-state index in [1.165, 1.54) is 6.20 Å². The number of aromatic amines is 1. The molecule has 164 valence electrons. The average molecular weight is 437 g/mol. The molecule has 2 aromatic heterocycles. The van der Waals surface area contributed by atoms with Crippen LogP contribution in [-0.2, 0) is 11.2 Å². The van der Waals surface area contributed by atoms with Crippen LogP contribution in [0.5, 0.6) is 0 Å². The highest BCUT2D eigenvalue weighted by molar-refractivity contribution is 6.16. The number of aliphatic hydroxyl groups excluding tert-OH is 1. The van der Waals surface area contributed by atoms with Crippen molar-refractivity contribution in [3.8, 4) is 0 Å². The van der Waals surface area contributed by atoms with Gasteiger partial charge in [-0.3, -0.25) is 14.6 Å². The summed E-state index contributed by atoms with van der Waals surface area (Å²) in [6, 6.07) is 18.3. The Kier molecular flexibility index (Phi) is 5.26. The van der Waals surface area contributed by atoms with Gasteiger partial charge in [0.15, 0.2) is 11.5 Å². The molecule has 0 fully saturated rings. The van der Waals surface area contributed by atoms with E-state index >= 15 is 0 Å². The van der Waals surface area contributed by atoms with Crippen LogP contribution in [0.2, 0.25) is 0 Å². The molecule has 0 bridgehead atoms. The van der Waals surface area contributed by atoms with Crippen LogP contribution in [0, 0.1) is 6.92 Å². The number of para-hydroxylation sites is 1.